The van der Waals surface area contributed by atoms with E-state index in [1.54, 1.807) is 0 Å². The molecule has 1 spiro atoms. The van der Waals surface area contributed by atoms with Gasteiger partial charge in [-0.05, 0) is 50.9 Å². The predicted molar refractivity (Wildman–Crippen MR) is 68.4 cm³/mol. The van der Waals surface area contributed by atoms with E-state index in [0.717, 1.165) is 71.2 Å². The van der Waals surface area contributed by atoms with Crippen molar-refractivity contribution in [3.63, 3.8) is 0 Å². The average Bonchev–Trinajstić information content (AvgIpc) is 3.21. The van der Waals surface area contributed by atoms with Gasteiger partial charge in [-0.15, -0.1) is 0 Å². The van der Waals surface area contributed by atoms with Crippen LogP contribution in [0.4, 0.5) is 0 Å². The molecule has 3 rings (SSSR count). The number of rotatable bonds is 4. The molecule has 2 aliphatic heterocycles. The van der Waals surface area contributed by atoms with E-state index in [0.29, 0.717) is 17.6 Å². The van der Waals surface area contributed by atoms with Crippen LogP contribution in [0.3, 0.4) is 0 Å². The molecule has 0 N–H and O–H groups in total. The van der Waals surface area contributed by atoms with Crippen molar-refractivity contribution in [3.8, 4) is 0 Å². The lowest BCUT2D eigenvalue weighted by atomic mass is 9.79. The van der Waals surface area contributed by atoms with Crippen LogP contribution >= 0.6 is 0 Å². The predicted octanol–water partition coefficient (Wildman–Crippen LogP) is 2.72. The van der Waals surface area contributed by atoms with Crippen LogP contribution in [0.1, 0.15) is 51.4 Å². The van der Waals surface area contributed by atoms with Crippen LogP contribution in [0, 0.1) is 11.8 Å². The van der Waals surface area contributed by atoms with Crippen LogP contribution in [-0.2, 0) is 14.3 Å². The first-order valence-corrected chi connectivity index (χ1v) is 7.52. The molecular weight excluding hydrogens is 228 g/mol. The van der Waals surface area contributed by atoms with Crippen molar-refractivity contribution < 1.29 is 14.3 Å². The first kappa shape index (κ1) is 12.6. The number of ketones is 1. The fourth-order valence-corrected chi connectivity index (χ4v) is 3.42. The number of Topliss-reactive ketones (excluding diaryl/α,β-unsaturated/α-hetero) is 1. The number of hydrogen-bond donors (Lipinski definition) is 0. The Labute approximate surface area is 109 Å². The fourth-order valence-electron chi connectivity index (χ4n) is 3.42. The summed E-state index contributed by atoms with van der Waals surface area (Å²) in [6.07, 6.45) is 8.56. The summed E-state index contributed by atoms with van der Waals surface area (Å²) in [6.45, 7) is 2.56. The molecule has 3 heteroatoms. The Morgan fingerprint density at radius 3 is 2.61 bits per heavy atom. The number of carbonyl (C=O) groups excluding carboxylic acids is 1. The van der Waals surface area contributed by atoms with Gasteiger partial charge in [0.15, 0.2) is 0 Å². The standard InChI is InChI=1S/C15H24O3/c16-14(13-2-3-13)4-1-12-5-8-18-15(11-12)6-9-17-10-7-15/h12-13H,1-11H2. The minimum absolute atomic E-state index is 0.0871. The number of hydrogen-bond acceptors (Lipinski definition) is 3. The lowest BCUT2D eigenvalue weighted by molar-refractivity contribution is -0.148. The fraction of sp³-hybridized carbons (Fsp3) is 0.933. The smallest absolute Gasteiger partial charge is 0.135 e. The molecule has 0 aromatic heterocycles. The monoisotopic (exact) mass is 252 g/mol. The Morgan fingerprint density at radius 2 is 1.89 bits per heavy atom. The van der Waals surface area contributed by atoms with Gasteiger partial charge in [-0.25, -0.2) is 0 Å². The number of ether oxygens (including phenoxy) is 2. The SMILES string of the molecule is O=C(CCC1CCOC2(CCOCC2)C1)C1CC1. The zero-order chi connectivity index (χ0) is 12.4. The van der Waals surface area contributed by atoms with Gasteiger partial charge < -0.3 is 9.47 Å². The third-order valence-corrected chi connectivity index (χ3v) is 4.83. The largest absolute Gasteiger partial charge is 0.381 e. The van der Waals surface area contributed by atoms with Crippen LogP contribution in [-0.4, -0.2) is 31.2 Å². The van der Waals surface area contributed by atoms with E-state index in [1.807, 2.05) is 0 Å². The summed E-state index contributed by atoms with van der Waals surface area (Å²) in [7, 11) is 0. The third kappa shape index (κ3) is 2.94. The van der Waals surface area contributed by atoms with Gasteiger partial charge in [-0.3, -0.25) is 4.79 Å². The molecule has 3 fully saturated rings. The van der Waals surface area contributed by atoms with E-state index in [2.05, 4.69) is 0 Å². The maximum atomic E-state index is 11.8. The van der Waals surface area contributed by atoms with Gasteiger partial charge in [-0.1, -0.05) is 0 Å². The highest BCUT2D eigenvalue weighted by atomic mass is 16.5. The molecule has 0 amide bonds. The molecule has 0 radical (unpaired) electrons. The Balaban J connectivity index is 1.48. The van der Waals surface area contributed by atoms with Crippen molar-refractivity contribution in [1.82, 2.24) is 0 Å². The second-order valence-corrected chi connectivity index (χ2v) is 6.28. The van der Waals surface area contributed by atoms with Crippen molar-refractivity contribution in [3.05, 3.63) is 0 Å². The Bertz CT molecular complexity index is 297. The molecule has 2 heterocycles. The normalized spacial score (nSPS) is 31.4. The lowest BCUT2D eigenvalue weighted by Gasteiger charge is -2.43. The Morgan fingerprint density at radius 1 is 1.11 bits per heavy atom. The van der Waals surface area contributed by atoms with Crippen molar-refractivity contribution in [2.75, 3.05) is 19.8 Å². The quantitative estimate of drug-likeness (QED) is 0.771. The maximum absolute atomic E-state index is 11.8. The summed E-state index contributed by atoms with van der Waals surface area (Å²) in [5.74, 6) is 1.64. The summed E-state index contributed by atoms with van der Waals surface area (Å²) >= 11 is 0. The molecule has 102 valence electrons. The van der Waals surface area contributed by atoms with Crippen molar-refractivity contribution >= 4 is 5.78 Å². The topological polar surface area (TPSA) is 35.5 Å². The molecule has 1 atom stereocenters. The van der Waals surface area contributed by atoms with E-state index < -0.39 is 0 Å². The molecule has 1 saturated carbocycles. The van der Waals surface area contributed by atoms with Crippen LogP contribution in [0.5, 0.6) is 0 Å². The highest BCUT2D eigenvalue weighted by molar-refractivity contribution is 5.83. The molecule has 1 unspecified atom stereocenters. The highest BCUT2D eigenvalue weighted by Gasteiger charge is 2.39. The van der Waals surface area contributed by atoms with E-state index in [1.165, 1.54) is 0 Å². The maximum Gasteiger partial charge on any atom is 0.135 e. The van der Waals surface area contributed by atoms with E-state index in [9.17, 15) is 4.79 Å². The first-order valence-electron chi connectivity index (χ1n) is 7.52. The second kappa shape index (κ2) is 5.30. The van der Waals surface area contributed by atoms with Gasteiger partial charge in [0.05, 0.1) is 5.60 Å². The van der Waals surface area contributed by atoms with Crippen LogP contribution < -0.4 is 0 Å². The molecule has 0 aromatic carbocycles. The van der Waals surface area contributed by atoms with Crippen molar-refractivity contribution in [1.29, 1.82) is 0 Å². The molecule has 1 aliphatic carbocycles. The zero-order valence-electron chi connectivity index (χ0n) is 11.2. The van der Waals surface area contributed by atoms with Crippen molar-refractivity contribution in [2.24, 2.45) is 11.8 Å². The molecule has 0 bridgehead atoms. The minimum atomic E-state index is 0.0871. The van der Waals surface area contributed by atoms with Gasteiger partial charge in [0.25, 0.3) is 0 Å². The van der Waals surface area contributed by atoms with E-state index >= 15 is 0 Å². The van der Waals surface area contributed by atoms with Crippen molar-refractivity contribution in [2.45, 2.75) is 57.0 Å². The summed E-state index contributed by atoms with van der Waals surface area (Å²) in [4.78, 5) is 11.8. The molecular formula is C15H24O3. The minimum Gasteiger partial charge on any atom is -0.381 e. The summed E-state index contributed by atoms with van der Waals surface area (Å²) in [6, 6.07) is 0. The van der Waals surface area contributed by atoms with Crippen LogP contribution in [0.25, 0.3) is 0 Å². The van der Waals surface area contributed by atoms with Gasteiger partial charge in [-0.2, -0.15) is 0 Å². The van der Waals surface area contributed by atoms with Gasteiger partial charge in [0.2, 0.25) is 0 Å². The summed E-state index contributed by atoms with van der Waals surface area (Å²) in [5.41, 5.74) is 0.0871. The number of carbonyl (C=O) groups is 1. The van der Waals surface area contributed by atoms with Gasteiger partial charge in [0, 0.05) is 32.2 Å². The Kier molecular flexibility index (Phi) is 3.71. The molecule has 0 aromatic rings. The molecule has 3 aliphatic rings. The first-order chi connectivity index (χ1) is 8.77. The second-order valence-electron chi connectivity index (χ2n) is 6.28. The average molecular weight is 252 g/mol. The molecule has 18 heavy (non-hydrogen) atoms. The van der Waals surface area contributed by atoms with E-state index in [4.69, 9.17) is 9.47 Å². The van der Waals surface area contributed by atoms with E-state index in [-0.39, 0.29) is 5.60 Å². The summed E-state index contributed by atoms with van der Waals surface area (Å²) in [5, 5.41) is 0. The van der Waals surface area contributed by atoms with Gasteiger partial charge in [0.1, 0.15) is 5.78 Å². The third-order valence-electron chi connectivity index (χ3n) is 4.83. The zero-order valence-corrected chi connectivity index (χ0v) is 11.2. The molecule has 3 nitrogen and oxygen atoms in total. The summed E-state index contributed by atoms with van der Waals surface area (Å²) < 4.78 is 11.5. The highest BCUT2D eigenvalue weighted by Crippen LogP contribution is 2.39. The molecule has 2 saturated heterocycles. The van der Waals surface area contributed by atoms with Crippen LogP contribution in [0.2, 0.25) is 0 Å². The van der Waals surface area contributed by atoms with Crippen LogP contribution in [0.15, 0.2) is 0 Å². The lowest BCUT2D eigenvalue weighted by Crippen LogP contribution is -2.44. The van der Waals surface area contributed by atoms with Gasteiger partial charge >= 0.3 is 0 Å². The Hall–Kier alpha value is -0.410.